The van der Waals surface area contributed by atoms with Crippen LogP contribution in [0.25, 0.3) is 0 Å². The number of aliphatic carboxylic acids is 1. The third-order valence-electron chi connectivity index (χ3n) is 1.65. The lowest BCUT2D eigenvalue weighted by molar-refractivity contribution is -0.136. The molecular formula is C8H17NO3S. The van der Waals surface area contributed by atoms with Gasteiger partial charge in [0.2, 0.25) is 0 Å². The molecule has 4 nitrogen and oxygen atoms in total. The molecule has 0 amide bonds. The van der Waals surface area contributed by atoms with E-state index in [4.69, 9.17) is 5.11 Å². The third kappa shape index (κ3) is 6.72. The number of carboxylic acids is 1. The summed E-state index contributed by atoms with van der Waals surface area (Å²) < 4.78 is 11.4. The van der Waals surface area contributed by atoms with Crippen molar-refractivity contribution in [2.45, 2.75) is 18.6 Å². The second kappa shape index (κ2) is 6.10. The van der Waals surface area contributed by atoms with Crippen molar-refractivity contribution >= 4 is 16.8 Å². The minimum absolute atomic E-state index is 0.0138. The van der Waals surface area contributed by atoms with E-state index >= 15 is 0 Å². The van der Waals surface area contributed by atoms with E-state index in [0.29, 0.717) is 5.75 Å². The first kappa shape index (κ1) is 12.6. The van der Waals surface area contributed by atoms with Gasteiger partial charge in [-0.25, -0.2) is 0 Å². The van der Waals surface area contributed by atoms with Crippen molar-refractivity contribution in [2.24, 2.45) is 0 Å². The van der Waals surface area contributed by atoms with Crippen LogP contribution in [0.15, 0.2) is 0 Å². The fraction of sp³-hybridized carbons (Fsp3) is 0.875. The van der Waals surface area contributed by atoms with Crippen LogP contribution in [0.5, 0.6) is 0 Å². The largest absolute Gasteiger partial charge is 0.481 e. The molecule has 0 spiro atoms. The lowest BCUT2D eigenvalue weighted by Crippen LogP contribution is -2.25. The van der Waals surface area contributed by atoms with Gasteiger partial charge >= 0.3 is 5.97 Å². The lowest BCUT2D eigenvalue weighted by Gasteiger charge is -2.12. The smallest absolute Gasteiger partial charge is 0.304 e. The van der Waals surface area contributed by atoms with Crippen LogP contribution >= 0.6 is 0 Å². The maximum Gasteiger partial charge on any atom is 0.304 e. The van der Waals surface area contributed by atoms with E-state index in [1.807, 2.05) is 19.0 Å². The number of carbonyl (C=O) groups is 1. The maximum absolute atomic E-state index is 11.4. The molecule has 13 heavy (non-hydrogen) atoms. The fourth-order valence-corrected chi connectivity index (χ4v) is 2.09. The Hall–Kier alpha value is -0.420. The molecule has 2 unspecified atom stereocenters. The number of hydrogen-bond donors (Lipinski definition) is 1. The summed E-state index contributed by atoms with van der Waals surface area (Å²) in [4.78, 5) is 12.2. The Morgan fingerprint density at radius 2 is 2.08 bits per heavy atom. The summed E-state index contributed by atoms with van der Waals surface area (Å²) in [5, 5.41) is 8.21. The summed E-state index contributed by atoms with van der Waals surface area (Å²) in [6.45, 7) is 2.44. The van der Waals surface area contributed by atoms with Gasteiger partial charge in [0.15, 0.2) is 0 Å². The Bertz CT molecular complexity index is 194. The summed E-state index contributed by atoms with van der Waals surface area (Å²) in [6.07, 6.45) is -0.0138. The van der Waals surface area contributed by atoms with E-state index in [1.54, 1.807) is 6.92 Å². The van der Waals surface area contributed by atoms with Gasteiger partial charge < -0.3 is 10.0 Å². The predicted molar refractivity (Wildman–Crippen MR) is 53.3 cm³/mol. The molecular weight excluding hydrogens is 190 g/mol. The zero-order valence-electron chi connectivity index (χ0n) is 8.32. The van der Waals surface area contributed by atoms with Crippen LogP contribution in [0, 0.1) is 0 Å². The zero-order valence-corrected chi connectivity index (χ0v) is 9.13. The number of carboxylic acid groups (broad SMARTS) is 1. The molecule has 0 saturated heterocycles. The van der Waals surface area contributed by atoms with Crippen molar-refractivity contribution < 1.29 is 14.1 Å². The predicted octanol–water partition coefficient (Wildman–Crippen LogP) is 0.160. The number of hydrogen-bond acceptors (Lipinski definition) is 3. The normalized spacial score (nSPS) is 15.7. The van der Waals surface area contributed by atoms with Gasteiger partial charge in [-0.15, -0.1) is 0 Å². The number of rotatable bonds is 6. The summed E-state index contributed by atoms with van der Waals surface area (Å²) in [7, 11) is 2.78. The Balaban J connectivity index is 3.76. The Morgan fingerprint density at radius 3 is 2.46 bits per heavy atom. The second-order valence-electron chi connectivity index (χ2n) is 3.30. The first-order chi connectivity index (χ1) is 5.93. The van der Waals surface area contributed by atoms with Gasteiger partial charge in [0.1, 0.15) is 0 Å². The molecule has 0 aromatic heterocycles. The Morgan fingerprint density at radius 1 is 1.54 bits per heavy atom. The summed E-state index contributed by atoms with van der Waals surface area (Å²) >= 11 is 0. The second-order valence-corrected chi connectivity index (χ2v) is 5.27. The van der Waals surface area contributed by atoms with Gasteiger partial charge in [0, 0.05) is 28.3 Å². The quantitative estimate of drug-likeness (QED) is 0.674. The standard InChI is InChI=1S/C8H17NO3S/c1-7(6-8(10)11)13(12)5-4-9(2)3/h7H,4-6H2,1-3H3,(H,10,11). The highest BCUT2D eigenvalue weighted by molar-refractivity contribution is 7.85. The number of nitrogens with zero attached hydrogens (tertiary/aromatic N) is 1. The van der Waals surface area contributed by atoms with Gasteiger partial charge in [-0.1, -0.05) is 6.92 Å². The third-order valence-corrected chi connectivity index (χ3v) is 3.30. The lowest BCUT2D eigenvalue weighted by atomic mass is 10.3. The van der Waals surface area contributed by atoms with Gasteiger partial charge in [-0.3, -0.25) is 9.00 Å². The van der Waals surface area contributed by atoms with Gasteiger partial charge in [-0.2, -0.15) is 0 Å². The van der Waals surface area contributed by atoms with Crippen molar-refractivity contribution in [2.75, 3.05) is 26.4 Å². The van der Waals surface area contributed by atoms with Crippen molar-refractivity contribution in [3.05, 3.63) is 0 Å². The topological polar surface area (TPSA) is 57.6 Å². The first-order valence-corrected chi connectivity index (χ1v) is 5.55. The van der Waals surface area contributed by atoms with Crippen molar-refractivity contribution in [3.8, 4) is 0 Å². The van der Waals surface area contributed by atoms with Gasteiger partial charge in [-0.05, 0) is 14.1 Å². The summed E-state index contributed by atoms with van der Waals surface area (Å²) in [5.74, 6) is -0.341. The SMILES string of the molecule is CC(CC(=O)O)S(=O)CCN(C)C. The first-order valence-electron chi connectivity index (χ1n) is 4.17. The van der Waals surface area contributed by atoms with Crippen molar-refractivity contribution in [1.82, 2.24) is 4.90 Å². The zero-order chi connectivity index (χ0) is 10.4. The molecule has 0 radical (unpaired) electrons. The fourth-order valence-electron chi connectivity index (χ4n) is 0.813. The van der Waals surface area contributed by atoms with E-state index in [1.165, 1.54) is 0 Å². The highest BCUT2D eigenvalue weighted by Crippen LogP contribution is 2.01. The molecule has 0 aliphatic rings. The van der Waals surface area contributed by atoms with Crippen molar-refractivity contribution in [1.29, 1.82) is 0 Å². The van der Waals surface area contributed by atoms with E-state index in [0.717, 1.165) is 6.54 Å². The molecule has 0 aromatic rings. The highest BCUT2D eigenvalue weighted by atomic mass is 32.2. The molecule has 0 bridgehead atoms. The molecule has 0 aliphatic carbocycles. The molecule has 78 valence electrons. The summed E-state index contributed by atoms with van der Waals surface area (Å²) in [6, 6.07) is 0. The van der Waals surface area contributed by atoms with E-state index in [-0.39, 0.29) is 11.7 Å². The van der Waals surface area contributed by atoms with Crippen LogP contribution in [-0.2, 0) is 15.6 Å². The molecule has 0 aromatic carbocycles. The van der Waals surface area contributed by atoms with E-state index < -0.39 is 16.8 Å². The van der Waals surface area contributed by atoms with E-state index in [2.05, 4.69) is 0 Å². The van der Waals surface area contributed by atoms with Crippen LogP contribution < -0.4 is 0 Å². The molecule has 0 heterocycles. The molecule has 0 fully saturated rings. The van der Waals surface area contributed by atoms with Crippen LogP contribution in [0.3, 0.4) is 0 Å². The monoisotopic (exact) mass is 207 g/mol. The molecule has 0 saturated carbocycles. The highest BCUT2D eigenvalue weighted by Gasteiger charge is 2.14. The average Bonchev–Trinajstić information content (AvgIpc) is 1.98. The van der Waals surface area contributed by atoms with Crippen LogP contribution in [0.2, 0.25) is 0 Å². The minimum atomic E-state index is -1.03. The Labute approximate surface area is 81.4 Å². The molecule has 0 aliphatic heterocycles. The van der Waals surface area contributed by atoms with E-state index in [9.17, 15) is 9.00 Å². The molecule has 1 N–H and O–H groups in total. The Kier molecular flexibility index (Phi) is 5.90. The van der Waals surface area contributed by atoms with Crippen LogP contribution in [0.4, 0.5) is 0 Å². The van der Waals surface area contributed by atoms with Gasteiger partial charge in [0.25, 0.3) is 0 Å². The minimum Gasteiger partial charge on any atom is -0.481 e. The summed E-state index contributed by atoms with van der Waals surface area (Å²) in [5.41, 5.74) is 0. The van der Waals surface area contributed by atoms with Crippen LogP contribution in [-0.4, -0.2) is 51.8 Å². The molecule has 2 atom stereocenters. The van der Waals surface area contributed by atoms with Gasteiger partial charge in [0.05, 0.1) is 6.42 Å². The maximum atomic E-state index is 11.4. The molecule has 5 heteroatoms. The van der Waals surface area contributed by atoms with Crippen molar-refractivity contribution in [3.63, 3.8) is 0 Å². The van der Waals surface area contributed by atoms with Crippen LogP contribution in [0.1, 0.15) is 13.3 Å². The average molecular weight is 207 g/mol. The molecule has 0 rings (SSSR count).